The highest BCUT2D eigenvalue weighted by Gasteiger charge is 2.18. The molecule has 4 nitrogen and oxygen atoms in total. The van der Waals surface area contributed by atoms with Crippen LogP contribution in [0.4, 0.5) is 0 Å². The molecule has 4 heteroatoms. The largest absolute Gasteiger partial charge is 0.326 e. The second-order valence-corrected chi connectivity index (χ2v) is 6.05. The van der Waals surface area contributed by atoms with Crippen LogP contribution in [0.25, 0.3) is 16.7 Å². The molecule has 1 aromatic heterocycles. The molecule has 1 saturated heterocycles. The summed E-state index contributed by atoms with van der Waals surface area (Å²) in [7, 11) is 0. The van der Waals surface area contributed by atoms with E-state index in [1.165, 1.54) is 5.56 Å². The number of hydrogen-bond donors (Lipinski definition) is 1. The van der Waals surface area contributed by atoms with Crippen molar-refractivity contribution >= 4 is 11.0 Å². The minimum atomic E-state index is 0.344. The number of imidazole rings is 1. The monoisotopic (exact) mass is 292 g/mol. The topological polar surface area (TPSA) is 47.1 Å². The van der Waals surface area contributed by atoms with E-state index in [-0.39, 0.29) is 0 Å². The van der Waals surface area contributed by atoms with E-state index in [0.29, 0.717) is 6.04 Å². The van der Waals surface area contributed by atoms with Crippen LogP contribution in [0, 0.1) is 0 Å². The molecule has 1 atom stereocenters. The summed E-state index contributed by atoms with van der Waals surface area (Å²) in [6.07, 6.45) is 3.00. The van der Waals surface area contributed by atoms with Crippen LogP contribution in [0.2, 0.25) is 0 Å². The SMILES string of the molecule is N[C@H]1CCN(Cc2ccc(-n3cnc4ccccc43)cc2)C1. The Kier molecular flexibility index (Phi) is 3.41. The maximum Gasteiger partial charge on any atom is 0.100 e. The van der Waals surface area contributed by atoms with Crippen molar-refractivity contribution in [2.75, 3.05) is 13.1 Å². The van der Waals surface area contributed by atoms with Crippen molar-refractivity contribution in [3.05, 3.63) is 60.4 Å². The van der Waals surface area contributed by atoms with Gasteiger partial charge in [-0.1, -0.05) is 24.3 Å². The Balaban J connectivity index is 1.56. The van der Waals surface area contributed by atoms with Gasteiger partial charge in [0, 0.05) is 31.4 Å². The molecule has 2 heterocycles. The second kappa shape index (κ2) is 5.55. The van der Waals surface area contributed by atoms with Crippen LogP contribution in [-0.4, -0.2) is 33.6 Å². The zero-order valence-electron chi connectivity index (χ0n) is 12.5. The first kappa shape index (κ1) is 13.5. The molecular weight excluding hydrogens is 272 g/mol. The number of aromatic nitrogens is 2. The van der Waals surface area contributed by atoms with Gasteiger partial charge in [0.15, 0.2) is 0 Å². The van der Waals surface area contributed by atoms with Gasteiger partial charge in [0.25, 0.3) is 0 Å². The third kappa shape index (κ3) is 2.51. The van der Waals surface area contributed by atoms with Gasteiger partial charge in [0.05, 0.1) is 11.0 Å². The van der Waals surface area contributed by atoms with E-state index in [1.807, 2.05) is 24.5 Å². The molecule has 0 radical (unpaired) electrons. The summed E-state index contributed by atoms with van der Waals surface area (Å²) < 4.78 is 2.13. The molecule has 0 saturated carbocycles. The number of rotatable bonds is 3. The molecule has 112 valence electrons. The number of para-hydroxylation sites is 2. The van der Waals surface area contributed by atoms with Crippen molar-refractivity contribution in [3.8, 4) is 5.69 Å². The molecule has 1 aliphatic heterocycles. The molecule has 2 aromatic carbocycles. The lowest BCUT2D eigenvalue weighted by atomic mass is 10.2. The zero-order chi connectivity index (χ0) is 14.9. The lowest BCUT2D eigenvalue weighted by Crippen LogP contribution is -2.26. The lowest BCUT2D eigenvalue weighted by Gasteiger charge is -2.15. The van der Waals surface area contributed by atoms with E-state index in [2.05, 4.69) is 44.8 Å². The number of nitrogens with zero attached hydrogens (tertiary/aromatic N) is 3. The molecule has 0 amide bonds. The summed E-state index contributed by atoms with van der Waals surface area (Å²) >= 11 is 0. The Hall–Kier alpha value is -2.17. The van der Waals surface area contributed by atoms with Crippen molar-refractivity contribution < 1.29 is 0 Å². The van der Waals surface area contributed by atoms with Crippen molar-refractivity contribution in [2.24, 2.45) is 5.73 Å². The molecule has 1 aliphatic rings. The summed E-state index contributed by atoms with van der Waals surface area (Å²) in [5, 5.41) is 0. The first-order valence-electron chi connectivity index (χ1n) is 7.79. The van der Waals surface area contributed by atoms with Gasteiger partial charge in [-0.15, -0.1) is 0 Å². The van der Waals surface area contributed by atoms with Gasteiger partial charge in [-0.2, -0.15) is 0 Å². The summed E-state index contributed by atoms with van der Waals surface area (Å²) in [5.41, 5.74) is 10.6. The van der Waals surface area contributed by atoms with Gasteiger partial charge < -0.3 is 5.73 Å². The van der Waals surface area contributed by atoms with E-state index >= 15 is 0 Å². The Morgan fingerprint density at radius 3 is 2.68 bits per heavy atom. The zero-order valence-corrected chi connectivity index (χ0v) is 12.5. The van der Waals surface area contributed by atoms with E-state index in [0.717, 1.165) is 42.8 Å². The average molecular weight is 292 g/mol. The molecular formula is C18H20N4. The van der Waals surface area contributed by atoms with Crippen LogP contribution >= 0.6 is 0 Å². The predicted octanol–water partition coefficient (Wildman–Crippen LogP) is 2.56. The van der Waals surface area contributed by atoms with Crippen molar-refractivity contribution in [3.63, 3.8) is 0 Å². The Bertz CT molecular complexity index is 775. The highest BCUT2D eigenvalue weighted by molar-refractivity contribution is 5.77. The van der Waals surface area contributed by atoms with Crippen LogP contribution < -0.4 is 5.73 Å². The molecule has 0 bridgehead atoms. The third-order valence-electron chi connectivity index (χ3n) is 4.38. The smallest absolute Gasteiger partial charge is 0.100 e. The summed E-state index contributed by atoms with van der Waals surface area (Å²) in [4.78, 5) is 6.87. The van der Waals surface area contributed by atoms with Crippen molar-refractivity contribution in [1.82, 2.24) is 14.5 Å². The van der Waals surface area contributed by atoms with Gasteiger partial charge in [0.1, 0.15) is 6.33 Å². The summed E-state index contributed by atoms with van der Waals surface area (Å²) in [6.45, 7) is 3.10. The molecule has 4 rings (SSSR count). The first-order chi connectivity index (χ1) is 10.8. The van der Waals surface area contributed by atoms with E-state index in [1.54, 1.807) is 0 Å². The highest BCUT2D eigenvalue weighted by Crippen LogP contribution is 2.19. The minimum Gasteiger partial charge on any atom is -0.326 e. The fourth-order valence-corrected chi connectivity index (χ4v) is 3.19. The predicted molar refractivity (Wildman–Crippen MR) is 88.9 cm³/mol. The fraction of sp³-hybridized carbons (Fsp3) is 0.278. The number of hydrogen-bond acceptors (Lipinski definition) is 3. The fourth-order valence-electron chi connectivity index (χ4n) is 3.19. The summed E-state index contributed by atoms with van der Waals surface area (Å²) in [5.74, 6) is 0. The molecule has 3 aromatic rings. The van der Waals surface area contributed by atoms with Gasteiger partial charge in [-0.25, -0.2) is 4.98 Å². The van der Waals surface area contributed by atoms with Crippen LogP contribution in [-0.2, 0) is 6.54 Å². The van der Waals surface area contributed by atoms with Gasteiger partial charge >= 0.3 is 0 Å². The van der Waals surface area contributed by atoms with Crippen LogP contribution in [0.1, 0.15) is 12.0 Å². The normalized spacial score (nSPS) is 19.0. The number of likely N-dealkylation sites (tertiary alicyclic amines) is 1. The van der Waals surface area contributed by atoms with E-state index in [4.69, 9.17) is 5.73 Å². The van der Waals surface area contributed by atoms with Gasteiger partial charge in [-0.3, -0.25) is 9.47 Å². The van der Waals surface area contributed by atoms with Gasteiger partial charge in [-0.05, 0) is 36.2 Å². The summed E-state index contributed by atoms with van der Waals surface area (Å²) in [6, 6.07) is 17.3. The Labute approximate surface area is 130 Å². The average Bonchev–Trinajstić information content (AvgIpc) is 3.14. The highest BCUT2D eigenvalue weighted by atomic mass is 15.2. The first-order valence-corrected chi connectivity index (χ1v) is 7.79. The third-order valence-corrected chi connectivity index (χ3v) is 4.38. The van der Waals surface area contributed by atoms with Crippen LogP contribution in [0.3, 0.4) is 0 Å². The molecule has 0 unspecified atom stereocenters. The lowest BCUT2D eigenvalue weighted by molar-refractivity contribution is 0.327. The van der Waals surface area contributed by atoms with Crippen LogP contribution in [0.15, 0.2) is 54.9 Å². The molecule has 1 fully saturated rings. The Morgan fingerprint density at radius 2 is 1.91 bits per heavy atom. The van der Waals surface area contributed by atoms with Crippen molar-refractivity contribution in [2.45, 2.75) is 19.0 Å². The van der Waals surface area contributed by atoms with E-state index < -0.39 is 0 Å². The Morgan fingerprint density at radius 1 is 1.09 bits per heavy atom. The number of fused-ring (bicyclic) bond motifs is 1. The number of benzene rings is 2. The van der Waals surface area contributed by atoms with E-state index in [9.17, 15) is 0 Å². The maximum absolute atomic E-state index is 5.97. The molecule has 0 aliphatic carbocycles. The quantitative estimate of drug-likeness (QED) is 0.807. The van der Waals surface area contributed by atoms with Crippen LogP contribution in [0.5, 0.6) is 0 Å². The maximum atomic E-state index is 5.97. The molecule has 2 N–H and O–H groups in total. The minimum absolute atomic E-state index is 0.344. The molecule has 0 spiro atoms. The number of nitrogens with two attached hydrogens (primary N) is 1. The molecule has 22 heavy (non-hydrogen) atoms. The van der Waals surface area contributed by atoms with Crippen molar-refractivity contribution in [1.29, 1.82) is 0 Å². The standard InChI is InChI=1S/C18H20N4/c19-15-9-10-21(12-15)11-14-5-7-16(8-6-14)22-13-20-17-3-1-2-4-18(17)22/h1-8,13,15H,9-12,19H2/t15-/m0/s1. The van der Waals surface area contributed by atoms with Gasteiger partial charge in [0.2, 0.25) is 0 Å². The second-order valence-electron chi connectivity index (χ2n) is 6.05.